The van der Waals surface area contributed by atoms with Gasteiger partial charge in [0.2, 0.25) is 5.91 Å². The molecule has 2 amide bonds. The molecule has 1 fully saturated rings. The zero-order valence-electron chi connectivity index (χ0n) is 15.4. The van der Waals surface area contributed by atoms with Gasteiger partial charge in [-0.1, -0.05) is 12.1 Å². The molecule has 3 N–H and O–H groups in total. The zero-order chi connectivity index (χ0) is 18.4. The molecule has 1 saturated heterocycles. The summed E-state index contributed by atoms with van der Waals surface area (Å²) in [5.41, 5.74) is 6.72. The number of hydrogen-bond donors (Lipinski definition) is 2. The van der Waals surface area contributed by atoms with Crippen molar-refractivity contribution in [2.45, 2.75) is 6.42 Å². The summed E-state index contributed by atoms with van der Waals surface area (Å²) in [5.74, 6) is 0.776. The van der Waals surface area contributed by atoms with Crippen LogP contribution >= 0.6 is 24.8 Å². The first-order valence-electron chi connectivity index (χ1n) is 8.71. The number of halogens is 2. The van der Waals surface area contributed by atoms with Crippen molar-refractivity contribution in [3.05, 3.63) is 54.2 Å². The highest BCUT2D eigenvalue weighted by atomic mass is 35.5. The first-order chi connectivity index (χ1) is 12.6. The lowest BCUT2D eigenvalue weighted by Gasteiger charge is -2.35. The van der Waals surface area contributed by atoms with Crippen LogP contribution in [-0.2, 0) is 4.79 Å². The molecule has 1 aromatic heterocycles. The molecule has 2 aromatic rings. The number of nitrogens with zero attached hydrogens (tertiary/aromatic N) is 3. The molecule has 1 aromatic carbocycles. The smallest absolute Gasteiger partial charge is 0.251 e. The molecule has 0 bridgehead atoms. The summed E-state index contributed by atoms with van der Waals surface area (Å²) in [6, 6.07) is 12.6. The van der Waals surface area contributed by atoms with Gasteiger partial charge in [0.25, 0.3) is 5.91 Å². The minimum absolute atomic E-state index is 0. The summed E-state index contributed by atoms with van der Waals surface area (Å²) in [4.78, 5) is 32.7. The van der Waals surface area contributed by atoms with E-state index < -0.39 is 0 Å². The van der Waals surface area contributed by atoms with Crippen molar-refractivity contribution in [3.63, 3.8) is 0 Å². The molecular weight excluding hydrogens is 401 g/mol. The lowest BCUT2D eigenvalue weighted by atomic mass is 10.2. The normalized spacial score (nSPS) is 13.1. The van der Waals surface area contributed by atoms with E-state index in [2.05, 4.69) is 15.2 Å². The molecule has 152 valence electrons. The van der Waals surface area contributed by atoms with Crippen molar-refractivity contribution in [2.24, 2.45) is 0 Å². The van der Waals surface area contributed by atoms with Crippen molar-refractivity contribution in [1.29, 1.82) is 0 Å². The van der Waals surface area contributed by atoms with E-state index in [1.54, 1.807) is 30.5 Å². The highest BCUT2D eigenvalue weighted by Crippen LogP contribution is 2.13. The van der Waals surface area contributed by atoms with E-state index in [0.29, 0.717) is 30.9 Å². The first-order valence-corrected chi connectivity index (χ1v) is 8.71. The van der Waals surface area contributed by atoms with Gasteiger partial charge in [0, 0.05) is 56.6 Å². The lowest BCUT2D eigenvalue weighted by Crippen LogP contribution is -2.49. The van der Waals surface area contributed by atoms with Crippen molar-refractivity contribution in [2.75, 3.05) is 43.4 Å². The standard InChI is InChI=1S/C19H23N5O2.2ClH/c20-16-5-3-4-15(14-16)19(26)22-9-7-18(25)24-12-10-23(11-13-24)17-6-1-2-8-21-17;;/h1-6,8,14H,7,9-13,20H2,(H,22,26);2*1H. The van der Waals surface area contributed by atoms with Gasteiger partial charge in [-0.3, -0.25) is 9.59 Å². The number of anilines is 2. The number of pyridine rings is 1. The molecule has 0 unspecified atom stereocenters. The Hall–Kier alpha value is -2.51. The number of nitrogens with two attached hydrogens (primary N) is 1. The Morgan fingerprint density at radius 3 is 2.43 bits per heavy atom. The molecule has 2 heterocycles. The minimum atomic E-state index is -0.218. The van der Waals surface area contributed by atoms with Crippen LogP contribution in [0, 0.1) is 0 Å². The summed E-state index contributed by atoms with van der Waals surface area (Å²) < 4.78 is 0. The molecule has 0 atom stereocenters. The van der Waals surface area contributed by atoms with Crippen molar-refractivity contribution >= 4 is 48.1 Å². The van der Waals surface area contributed by atoms with E-state index in [1.807, 2.05) is 23.1 Å². The molecule has 7 nitrogen and oxygen atoms in total. The number of rotatable bonds is 5. The van der Waals surface area contributed by atoms with Crippen molar-refractivity contribution in [3.8, 4) is 0 Å². The Labute approximate surface area is 177 Å². The molecule has 0 spiro atoms. The SMILES string of the molecule is Cl.Cl.Nc1cccc(C(=O)NCCC(=O)N2CCN(c3ccccn3)CC2)c1. The van der Waals surface area contributed by atoms with Gasteiger partial charge < -0.3 is 20.9 Å². The Kier molecular flexibility index (Phi) is 9.55. The summed E-state index contributed by atoms with van der Waals surface area (Å²) in [6.07, 6.45) is 2.06. The third-order valence-corrected chi connectivity index (χ3v) is 4.38. The molecular formula is C19H25Cl2N5O2. The minimum Gasteiger partial charge on any atom is -0.399 e. The maximum atomic E-state index is 12.3. The highest BCUT2D eigenvalue weighted by Gasteiger charge is 2.21. The van der Waals surface area contributed by atoms with E-state index in [0.717, 1.165) is 18.9 Å². The van der Waals surface area contributed by atoms with Crippen LogP contribution in [0.1, 0.15) is 16.8 Å². The van der Waals surface area contributed by atoms with E-state index in [9.17, 15) is 9.59 Å². The van der Waals surface area contributed by atoms with Gasteiger partial charge in [-0.05, 0) is 30.3 Å². The Morgan fingerprint density at radius 2 is 1.79 bits per heavy atom. The molecule has 1 aliphatic heterocycles. The van der Waals surface area contributed by atoms with Gasteiger partial charge in [-0.2, -0.15) is 0 Å². The number of nitrogens with one attached hydrogen (secondary N) is 1. The molecule has 28 heavy (non-hydrogen) atoms. The quantitative estimate of drug-likeness (QED) is 0.714. The number of hydrogen-bond acceptors (Lipinski definition) is 5. The van der Waals surface area contributed by atoms with Gasteiger partial charge in [-0.25, -0.2) is 4.98 Å². The van der Waals surface area contributed by atoms with E-state index in [1.165, 1.54) is 0 Å². The fraction of sp³-hybridized carbons (Fsp3) is 0.316. The van der Waals surface area contributed by atoms with Gasteiger partial charge >= 0.3 is 0 Å². The van der Waals surface area contributed by atoms with E-state index in [4.69, 9.17) is 5.73 Å². The van der Waals surface area contributed by atoms with Crippen LogP contribution in [0.3, 0.4) is 0 Å². The summed E-state index contributed by atoms with van der Waals surface area (Å²) in [6.45, 7) is 3.17. The van der Waals surface area contributed by atoms with Crippen LogP contribution in [-0.4, -0.2) is 54.4 Å². The van der Waals surface area contributed by atoms with Gasteiger partial charge in [0.15, 0.2) is 0 Å². The van der Waals surface area contributed by atoms with Crippen LogP contribution < -0.4 is 16.0 Å². The number of carbonyl (C=O) groups excluding carboxylic acids is 2. The largest absolute Gasteiger partial charge is 0.399 e. The molecule has 1 aliphatic rings. The van der Waals surface area contributed by atoms with Crippen LogP contribution in [0.25, 0.3) is 0 Å². The number of aromatic nitrogens is 1. The van der Waals surface area contributed by atoms with Crippen LogP contribution in [0.2, 0.25) is 0 Å². The maximum absolute atomic E-state index is 12.3. The predicted molar refractivity (Wildman–Crippen MR) is 115 cm³/mol. The van der Waals surface area contributed by atoms with Crippen LogP contribution in [0.15, 0.2) is 48.7 Å². The van der Waals surface area contributed by atoms with E-state index in [-0.39, 0.29) is 43.0 Å². The summed E-state index contributed by atoms with van der Waals surface area (Å²) in [5, 5.41) is 2.77. The second-order valence-electron chi connectivity index (χ2n) is 6.19. The third kappa shape index (κ3) is 6.28. The third-order valence-electron chi connectivity index (χ3n) is 4.38. The van der Waals surface area contributed by atoms with Gasteiger partial charge in [0.05, 0.1) is 0 Å². The monoisotopic (exact) mass is 425 g/mol. The van der Waals surface area contributed by atoms with Crippen LogP contribution in [0.4, 0.5) is 11.5 Å². The second kappa shape index (κ2) is 11.4. The number of amides is 2. The summed E-state index contributed by atoms with van der Waals surface area (Å²) in [7, 11) is 0. The van der Waals surface area contributed by atoms with Crippen molar-refractivity contribution in [1.82, 2.24) is 15.2 Å². The van der Waals surface area contributed by atoms with Crippen LogP contribution in [0.5, 0.6) is 0 Å². The lowest BCUT2D eigenvalue weighted by molar-refractivity contribution is -0.131. The number of benzene rings is 1. The molecule has 0 aliphatic carbocycles. The number of piperazine rings is 1. The fourth-order valence-electron chi connectivity index (χ4n) is 2.95. The van der Waals surface area contributed by atoms with Crippen molar-refractivity contribution < 1.29 is 9.59 Å². The average molecular weight is 426 g/mol. The average Bonchev–Trinajstić information content (AvgIpc) is 2.68. The molecule has 0 radical (unpaired) electrons. The van der Waals surface area contributed by atoms with Gasteiger partial charge in [-0.15, -0.1) is 24.8 Å². The fourth-order valence-corrected chi connectivity index (χ4v) is 2.95. The highest BCUT2D eigenvalue weighted by molar-refractivity contribution is 5.95. The maximum Gasteiger partial charge on any atom is 0.251 e. The Bertz CT molecular complexity index is 768. The topological polar surface area (TPSA) is 91.6 Å². The van der Waals surface area contributed by atoms with E-state index >= 15 is 0 Å². The number of carbonyl (C=O) groups is 2. The first kappa shape index (κ1) is 23.5. The number of nitrogen functional groups attached to an aromatic ring is 1. The summed E-state index contributed by atoms with van der Waals surface area (Å²) >= 11 is 0. The molecule has 9 heteroatoms. The Morgan fingerprint density at radius 1 is 1.04 bits per heavy atom. The molecule has 3 rings (SSSR count). The molecule has 0 saturated carbocycles. The Balaban J connectivity index is 0.00000196. The predicted octanol–water partition coefficient (Wildman–Crippen LogP) is 1.98. The zero-order valence-corrected chi connectivity index (χ0v) is 17.0. The second-order valence-corrected chi connectivity index (χ2v) is 6.19. The van der Waals surface area contributed by atoms with Gasteiger partial charge in [0.1, 0.15) is 5.82 Å².